The van der Waals surface area contributed by atoms with Crippen LogP contribution in [0.25, 0.3) is 0 Å². The fourth-order valence-corrected chi connectivity index (χ4v) is 2.10. The maximum Gasteiger partial charge on any atom is 0.138 e. The van der Waals surface area contributed by atoms with Gasteiger partial charge >= 0.3 is 0 Å². The van der Waals surface area contributed by atoms with Gasteiger partial charge in [0.2, 0.25) is 0 Å². The van der Waals surface area contributed by atoms with E-state index in [4.69, 9.17) is 22.1 Å². The molecule has 0 bridgehead atoms. The second kappa shape index (κ2) is 6.75. The van der Waals surface area contributed by atoms with E-state index in [0.717, 1.165) is 11.1 Å². The Labute approximate surface area is 123 Å². The standard InChI is InChI=1S/C16H18ClNO2/c1-11(18)13-7-8-16(14(17)9-13)20-10-15(19)12-5-3-2-4-6-12/h2-9,11,15,19H,10,18H2,1H3/t11-,15?/m0/s1. The molecule has 0 heterocycles. The number of rotatable bonds is 5. The van der Waals surface area contributed by atoms with Crippen LogP contribution in [-0.2, 0) is 0 Å². The summed E-state index contributed by atoms with van der Waals surface area (Å²) in [5.41, 5.74) is 7.56. The van der Waals surface area contributed by atoms with Gasteiger partial charge in [-0.2, -0.15) is 0 Å². The summed E-state index contributed by atoms with van der Waals surface area (Å²) in [5, 5.41) is 10.5. The smallest absolute Gasteiger partial charge is 0.138 e. The summed E-state index contributed by atoms with van der Waals surface area (Å²) in [6.07, 6.45) is -0.680. The number of ether oxygens (including phenoxy) is 1. The van der Waals surface area contributed by atoms with Crippen molar-refractivity contribution in [3.63, 3.8) is 0 Å². The minimum atomic E-state index is -0.680. The average molecular weight is 292 g/mol. The molecule has 106 valence electrons. The van der Waals surface area contributed by atoms with E-state index in [1.54, 1.807) is 12.1 Å². The molecule has 0 saturated heterocycles. The third-order valence-corrected chi connectivity index (χ3v) is 3.36. The fourth-order valence-electron chi connectivity index (χ4n) is 1.86. The maximum atomic E-state index is 10.0. The van der Waals surface area contributed by atoms with Crippen molar-refractivity contribution in [2.75, 3.05) is 6.61 Å². The molecule has 0 amide bonds. The third-order valence-electron chi connectivity index (χ3n) is 3.06. The highest BCUT2D eigenvalue weighted by Gasteiger charge is 2.10. The predicted molar refractivity (Wildman–Crippen MR) is 81.0 cm³/mol. The van der Waals surface area contributed by atoms with E-state index in [1.807, 2.05) is 43.3 Å². The summed E-state index contributed by atoms with van der Waals surface area (Å²) in [5.74, 6) is 0.547. The Hall–Kier alpha value is -1.55. The molecule has 2 rings (SSSR count). The van der Waals surface area contributed by atoms with Crippen LogP contribution in [0.1, 0.15) is 30.2 Å². The van der Waals surface area contributed by atoms with Gasteiger partial charge in [-0.25, -0.2) is 0 Å². The molecule has 0 fully saturated rings. The molecule has 0 aliphatic rings. The Kier molecular flexibility index (Phi) is 5.01. The molecule has 2 aromatic carbocycles. The first-order valence-corrected chi connectivity index (χ1v) is 6.86. The topological polar surface area (TPSA) is 55.5 Å². The molecule has 3 N–H and O–H groups in total. The molecule has 1 unspecified atom stereocenters. The van der Waals surface area contributed by atoms with Gasteiger partial charge in [0, 0.05) is 6.04 Å². The molecule has 0 radical (unpaired) electrons. The summed E-state index contributed by atoms with van der Waals surface area (Å²) in [7, 11) is 0. The molecule has 3 nitrogen and oxygen atoms in total. The summed E-state index contributed by atoms with van der Waals surface area (Å²) < 4.78 is 5.56. The van der Waals surface area contributed by atoms with Gasteiger partial charge < -0.3 is 15.6 Å². The van der Waals surface area contributed by atoms with E-state index in [-0.39, 0.29) is 12.6 Å². The monoisotopic (exact) mass is 291 g/mol. The van der Waals surface area contributed by atoms with E-state index >= 15 is 0 Å². The quantitative estimate of drug-likeness (QED) is 0.887. The zero-order valence-electron chi connectivity index (χ0n) is 11.3. The number of aliphatic hydroxyl groups is 1. The highest BCUT2D eigenvalue weighted by atomic mass is 35.5. The molecule has 2 atom stereocenters. The van der Waals surface area contributed by atoms with E-state index in [2.05, 4.69) is 0 Å². The fraction of sp³-hybridized carbons (Fsp3) is 0.250. The van der Waals surface area contributed by atoms with Gasteiger partial charge in [-0.05, 0) is 30.2 Å². The highest BCUT2D eigenvalue weighted by molar-refractivity contribution is 6.32. The van der Waals surface area contributed by atoms with Gasteiger partial charge in [0.25, 0.3) is 0 Å². The van der Waals surface area contributed by atoms with E-state index in [9.17, 15) is 5.11 Å². The molecule has 0 spiro atoms. The van der Waals surface area contributed by atoms with E-state index in [0.29, 0.717) is 10.8 Å². The number of halogens is 1. The van der Waals surface area contributed by atoms with Crippen molar-refractivity contribution in [2.24, 2.45) is 5.73 Å². The lowest BCUT2D eigenvalue weighted by molar-refractivity contribution is 0.108. The second-order valence-corrected chi connectivity index (χ2v) is 5.12. The number of hydrogen-bond donors (Lipinski definition) is 2. The summed E-state index contributed by atoms with van der Waals surface area (Å²) in [6.45, 7) is 2.05. The Balaban J connectivity index is 2.01. The molecule has 0 aromatic heterocycles. The minimum Gasteiger partial charge on any atom is -0.489 e. The van der Waals surface area contributed by atoms with Crippen LogP contribution >= 0.6 is 11.6 Å². The first kappa shape index (κ1) is 14.9. The Morgan fingerprint density at radius 2 is 1.85 bits per heavy atom. The van der Waals surface area contributed by atoms with Crippen LogP contribution in [0, 0.1) is 0 Å². The van der Waals surface area contributed by atoms with E-state index in [1.165, 1.54) is 0 Å². The molecule has 0 aliphatic carbocycles. The molecular weight excluding hydrogens is 274 g/mol. The number of hydrogen-bond acceptors (Lipinski definition) is 3. The number of nitrogens with two attached hydrogens (primary N) is 1. The maximum absolute atomic E-state index is 10.0. The first-order chi connectivity index (χ1) is 9.58. The lowest BCUT2D eigenvalue weighted by Crippen LogP contribution is -2.10. The summed E-state index contributed by atoms with van der Waals surface area (Å²) in [4.78, 5) is 0. The first-order valence-electron chi connectivity index (χ1n) is 6.48. The third kappa shape index (κ3) is 3.73. The van der Waals surface area contributed by atoms with Crippen molar-refractivity contribution in [1.82, 2.24) is 0 Å². The summed E-state index contributed by atoms with van der Waals surface area (Å²) >= 11 is 6.14. The van der Waals surface area contributed by atoms with Crippen LogP contribution in [0.3, 0.4) is 0 Å². The van der Waals surface area contributed by atoms with Crippen LogP contribution in [0.5, 0.6) is 5.75 Å². The van der Waals surface area contributed by atoms with Gasteiger partial charge in [0.1, 0.15) is 18.5 Å². The zero-order chi connectivity index (χ0) is 14.5. The largest absolute Gasteiger partial charge is 0.489 e. The number of aliphatic hydroxyl groups excluding tert-OH is 1. The van der Waals surface area contributed by atoms with Crippen LogP contribution < -0.4 is 10.5 Å². The SMILES string of the molecule is C[C@H](N)c1ccc(OCC(O)c2ccccc2)c(Cl)c1. The lowest BCUT2D eigenvalue weighted by atomic mass is 10.1. The van der Waals surface area contributed by atoms with Gasteiger partial charge in [-0.15, -0.1) is 0 Å². The van der Waals surface area contributed by atoms with Crippen molar-refractivity contribution in [1.29, 1.82) is 0 Å². The normalized spacial score (nSPS) is 13.8. The van der Waals surface area contributed by atoms with Crippen molar-refractivity contribution < 1.29 is 9.84 Å². The van der Waals surface area contributed by atoms with E-state index < -0.39 is 6.10 Å². The Morgan fingerprint density at radius 1 is 1.15 bits per heavy atom. The summed E-state index contributed by atoms with van der Waals surface area (Å²) in [6, 6.07) is 14.7. The van der Waals surface area contributed by atoms with Crippen molar-refractivity contribution >= 4 is 11.6 Å². The Bertz CT molecular complexity index is 558. The van der Waals surface area contributed by atoms with Crippen molar-refractivity contribution in [3.05, 3.63) is 64.7 Å². The molecular formula is C16H18ClNO2. The van der Waals surface area contributed by atoms with Crippen molar-refractivity contribution in [2.45, 2.75) is 19.1 Å². The molecule has 0 saturated carbocycles. The van der Waals surface area contributed by atoms with Gasteiger partial charge in [-0.3, -0.25) is 0 Å². The molecule has 2 aromatic rings. The van der Waals surface area contributed by atoms with Crippen LogP contribution in [0.2, 0.25) is 5.02 Å². The van der Waals surface area contributed by atoms with Crippen LogP contribution in [-0.4, -0.2) is 11.7 Å². The Morgan fingerprint density at radius 3 is 2.45 bits per heavy atom. The van der Waals surface area contributed by atoms with Gasteiger partial charge in [0.15, 0.2) is 0 Å². The predicted octanol–water partition coefficient (Wildman–Crippen LogP) is 3.47. The van der Waals surface area contributed by atoms with Gasteiger partial charge in [-0.1, -0.05) is 48.0 Å². The van der Waals surface area contributed by atoms with Crippen LogP contribution in [0.4, 0.5) is 0 Å². The molecule has 4 heteroatoms. The van der Waals surface area contributed by atoms with Gasteiger partial charge in [0.05, 0.1) is 5.02 Å². The lowest BCUT2D eigenvalue weighted by Gasteiger charge is -2.14. The second-order valence-electron chi connectivity index (χ2n) is 4.72. The number of benzene rings is 2. The van der Waals surface area contributed by atoms with Crippen molar-refractivity contribution in [3.8, 4) is 5.75 Å². The van der Waals surface area contributed by atoms with Crippen LogP contribution in [0.15, 0.2) is 48.5 Å². The highest BCUT2D eigenvalue weighted by Crippen LogP contribution is 2.28. The minimum absolute atomic E-state index is 0.0727. The average Bonchev–Trinajstić information content (AvgIpc) is 2.46. The zero-order valence-corrected chi connectivity index (χ0v) is 12.0. The molecule has 20 heavy (non-hydrogen) atoms. The molecule has 0 aliphatic heterocycles.